The van der Waals surface area contributed by atoms with Crippen LogP contribution in [0.25, 0.3) is 0 Å². The quantitative estimate of drug-likeness (QED) is 0.770. The zero-order valence-electron chi connectivity index (χ0n) is 10.6. The Kier molecular flexibility index (Phi) is 4.66. The van der Waals surface area contributed by atoms with Gasteiger partial charge in [-0.2, -0.15) is 0 Å². The van der Waals surface area contributed by atoms with Gasteiger partial charge in [-0.05, 0) is 25.8 Å². The molecule has 0 bridgehead atoms. The van der Waals surface area contributed by atoms with Crippen LogP contribution in [0.3, 0.4) is 0 Å². The standard InChI is InChI=1S/C13H24N2O2/c14-9-7-12-8-10-15(13(16)17-12)11-5-3-1-2-4-6-11/h11-12H,1-10,14H2. The summed E-state index contributed by atoms with van der Waals surface area (Å²) >= 11 is 0. The van der Waals surface area contributed by atoms with Gasteiger partial charge in [-0.3, -0.25) is 0 Å². The molecule has 0 aromatic heterocycles. The summed E-state index contributed by atoms with van der Waals surface area (Å²) in [6, 6.07) is 0.420. The first kappa shape index (κ1) is 12.7. The van der Waals surface area contributed by atoms with Crippen molar-refractivity contribution in [2.45, 2.75) is 63.5 Å². The molecule has 98 valence electrons. The second kappa shape index (κ2) is 6.24. The summed E-state index contributed by atoms with van der Waals surface area (Å²) in [4.78, 5) is 13.9. The zero-order valence-corrected chi connectivity index (χ0v) is 10.6. The molecule has 1 saturated carbocycles. The predicted octanol–water partition coefficient (Wildman–Crippen LogP) is 2.27. The molecule has 0 spiro atoms. The van der Waals surface area contributed by atoms with Crippen LogP contribution in [0.2, 0.25) is 0 Å². The number of amides is 1. The van der Waals surface area contributed by atoms with Gasteiger partial charge >= 0.3 is 6.09 Å². The third kappa shape index (κ3) is 3.35. The van der Waals surface area contributed by atoms with Gasteiger partial charge in [0.05, 0.1) is 0 Å². The Morgan fingerprint density at radius 2 is 1.88 bits per heavy atom. The highest BCUT2D eigenvalue weighted by atomic mass is 16.6. The van der Waals surface area contributed by atoms with Gasteiger partial charge in [0, 0.05) is 19.0 Å². The van der Waals surface area contributed by atoms with Crippen LogP contribution in [0.5, 0.6) is 0 Å². The highest BCUT2D eigenvalue weighted by molar-refractivity contribution is 5.69. The minimum absolute atomic E-state index is 0.0505. The molecular weight excluding hydrogens is 216 g/mol. The lowest BCUT2D eigenvalue weighted by atomic mass is 10.1. The van der Waals surface area contributed by atoms with Gasteiger partial charge in [0.15, 0.2) is 0 Å². The molecule has 0 radical (unpaired) electrons. The molecule has 1 aliphatic heterocycles. The van der Waals surface area contributed by atoms with Gasteiger partial charge in [0.2, 0.25) is 0 Å². The molecule has 4 nitrogen and oxygen atoms in total. The zero-order chi connectivity index (χ0) is 12.1. The van der Waals surface area contributed by atoms with Gasteiger partial charge < -0.3 is 15.4 Å². The van der Waals surface area contributed by atoms with Crippen molar-refractivity contribution in [3.05, 3.63) is 0 Å². The lowest BCUT2D eigenvalue weighted by Crippen LogP contribution is -2.47. The minimum atomic E-state index is -0.110. The van der Waals surface area contributed by atoms with Crippen LogP contribution < -0.4 is 5.73 Å². The van der Waals surface area contributed by atoms with Gasteiger partial charge in [0.25, 0.3) is 0 Å². The monoisotopic (exact) mass is 240 g/mol. The number of hydrogen-bond donors (Lipinski definition) is 1. The molecule has 1 unspecified atom stereocenters. The van der Waals surface area contributed by atoms with Gasteiger partial charge in [0.1, 0.15) is 6.10 Å². The van der Waals surface area contributed by atoms with E-state index in [1.165, 1.54) is 25.7 Å². The van der Waals surface area contributed by atoms with Crippen molar-refractivity contribution in [2.75, 3.05) is 13.1 Å². The maximum Gasteiger partial charge on any atom is 0.410 e. The van der Waals surface area contributed by atoms with Crippen LogP contribution in [0.1, 0.15) is 51.4 Å². The molecule has 1 aliphatic carbocycles. The summed E-state index contributed by atoms with van der Waals surface area (Å²) < 4.78 is 5.44. The van der Waals surface area contributed by atoms with Crippen LogP contribution in [0.15, 0.2) is 0 Å². The number of nitrogens with two attached hydrogens (primary N) is 1. The fourth-order valence-corrected chi connectivity index (χ4v) is 2.93. The summed E-state index contributed by atoms with van der Waals surface area (Å²) in [5, 5.41) is 0. The van der Waals surface area contributed by atoms with E-state index in [1.807, 2.05) is 4.90 Å². The molecule has 2 aliphatic rings. The van der Waals surface area contributed by atoms with E-state index >= 15 is 0 Å². The second-order valence-corrected chi connectivity index (χ2v) is 5.21. The second-order valence-electron chi connectivity index (χ2n) is 5.21. The van der Waals surface area contributed by atoms with Crippen molar-refractivity contribution in [2.24, 2.45) is 5.73 Å². The Hall–Kier alpha value is -0.770. The summed E-state index contributed by atoms with van der Waals surface area (Å²) in [7, 11) is 0. The highest BCUT2D eigenvalue weighted by Crippen LogP contribution is 2.25. The molecule has 1 atom stereocenters. The van der Waals surface area contributed by atoms with Gasteiger partial charge in [-0.15, -0.1) is 0 Å². The predicted molar refractivity (Wildman–Crippen MR) is 66.8 cm³/mol. The summed E-state index contributed by atoms with van der Waals surface area (Å²) in [6.07, 6.45) is 9.11. The van der Waals surface area contributed by atoms with E-state index in [0.29, 0.717) is 12.6 Å². The van der Waals surface area contributed by atoms with E-state index in [2.05, 4.69) is 0 Å². The van der Waals surface area contributed by atoms with Crippen LogP contribution in [-0.2, 0) is 4.74 Å². The van der Waals surface area contributed by atoms with E-state index in [1.54, 1.807) is 0 Å². The molecule has 0 aromatic rings. The summed E-state index contributed by atoms with van der Waals surface area (Å²) in [6.45, 7) is 1.45. The van der Waals surface area contributed by atoms with Crippen molar-refractivity contribution >= 4 is 6.09 Å². The topological polar surface area (TPSA) is 55.6 Å². The smallest absolute Gasteiger partial charge is 0.410 e. The number of nitrogens with zero attached hydrogens (tertiary/aromatic N) is 1. The number of hydrogen-bond acceptors (Lipinski definition) is 3. The van der Waals surface area contributed by atoms with E-state index in [0.717, 1.165) is 32.2 Å². The fraction of sp³-hybridized carbons (Fsp3) is 0.923. The van der Waals surface area contributed by atoms with E-state index in [9.17, 15) is 4.79 Å². The molecule has 4 heteroatoms. The molecular formula is C13H24N2O2. The molecule has 1 heterocycles. The molecule has 17 heavy (non-hydrogen) atoms. The van der Waals surface area contributed by atoms with Crippen molar-refractivity contribution in [1.82, 2.24) is 4.90 Å². The lowest BCUT2D eigenvalue weighted by Gasteiger charge is -2.36. The third-order valence-electron chi connectivity index (χ3n) is 3.95. The van der Waals surface area contributed by atoms with Crippen LogP contribution in [-0.4, -0.2) is 36.2 Å². The molecule has 2 N–H and O–H groups in total. The molecule has 0 aromatic carbocycles. The largest absolute Gasteiger partial charge is 0.446 e. The van der Waals surface area contributed by atoms with Crippen LogP contribution in [0.4, 0.5) is 4.79 Å². The first-order valence-electron chi connectivity index (χ1n) is 6.98. The van der Waals surface area contributed by atoms with E-state index in [-0.39, 0.29) is 12.2 Å². The van der Waals surface area contributed by atoms with Crippen molar-refractivity contribution in [1.29, 1.82) is 0 Å². The number of carbonyl (C=O) groups is 1. The van der Waals surface area contributed by atoms with Gasteiger partial charge in [-0.25, -0.2) is 4.79 Å². The highest BCUT2D eigenvalue weighted by Gasteiger charge is 2.31. The maximum atomic E-state index is 12.0. The Morgan fingerprint density at radius 1 is 1.18 bits per heavy atom. The molecule has 1 amide bonds. The number of carbonyl (C=O) groups excluding carboxylic acids is 1. The average Bonchev–Trinajstić information content (AvgIpc) is 2.58. The van der Waals surface area contributed by atoms with Gasteiger partial charge in [-0.1, -0.05) is 25.7 Å². The first-order valence-corrected chi connectivity index (χ1v) is 6.98. The van der Waals surface area contributed by atoms with E-state index in [4.69, 9.17) is 10.5 Å². The molecule has 2 fully saturated rings. The maximum absolute atomic E-state index is 12.0. The Morgan fingerprint density at radius 3 is 2.47 bits per heavy atom. The Bertz CT molecular complexity index is 250. The first-order chi connectivity index (χ1) is 8.31. The van der Waals surface area contributed by atoms with Crippen LogP contribution >= 0.6 is 0 Å². The molecule has 2 rings (SSSR count). The fourth-order valence-electron chi connectivity index (χ4n) is 2.93. The SMILES string of the molecule is NCCC1CCN(C2CCCCCC2)C(=O)O1. The average molecular weight is 240 g/mol. The lowest BCUT2D eigenvalue weighted by molar-refractivity contribution is 0.00690. The Labute approximate surface area is 103 Å². The summed E-state index contributed by atoms with van der Waals surface area (Å²) in [5.74, 6) is 0. The number of ether oxygens (including phenoxy) is 1. The molecule has 1 saturated heterocycles. The number of cyclic esters (lactones) is 1. The normalized spacial score (nSPS) is 27.7. The van der Waals surface area contributed by atoms with Crippen LogP contribution in [0, 0.1) is 0 Å². The van der Waals surface area contributed by atoms with Crippen molar-refractivity contribution in [3.8, 4) is 0 Å². The minimum Gasteiger partial charge on any atom is -0.446 e. The Balaban J connectivity index is 1.87. The third-order valence-corrected chi connectivity index (χ3v) is 3.95. The van der Waals surface area contributed by atoms with Crippen molar-refractivity contribution < 1.29 is 9.53 Å². The summed E-state index contributed by atoms with van der Waals surface area (Å²) in [5.41, 5.74) is 5.50. The van der Waals surface area contributed by atoms with E-state index < -0.39 is 0 Å². The van der Waals surface area contributed by atoms with Crippen molar-refractivity contribution in [3.63, 3.8) is 0 Å². The number of rotatable bonds is 3.